The predicted molar refractivity (Wildman–Crippen MR) is 157 cm³/mol. The zero-order chi connectivity index (χ0) is 30.0. The fraction of sp³-hybridized carbons (Fsp3) is 0.500. The monoisotopic (exact) mass is 573 g/mol. The Bertz CT molecular complexity index is 1510. The highest BCUT2D eigenvalue weighted by molar-refractivity contribution is 5.81. The molecule has 4 aliphatic heterocycles. The standard InChI is InChI=1S/C32H39N5O5/c1-7-8-40-29-17(4)30-31(42-14-41-30)26-20(29)11-22-27-25-19(9-15(2)16(3)28(25)38)10-21(36(27)6)23(12-33)37(22)24(26)13-35-32(39)18(5)34/h7,9,18,21-24,27,38H,1,8,10-11,13-14,34H2,2-6H3,(H,35,39)/t18-,21-,22?,23-,24-,27?/m0/s1. The van der Waals surface area contributed by atoms with Crippen molar-refractivity contribution in [3.8, 4) is 29.1 Å². The lowest BCUT2D eigenvalue weighted by Crippen LogP contribution is -2.68. The molecule has 1 saturated heterocycles. The van der Waals surface area contributed by atoms with Crippen molar-refractivity contribution < 1.29 is 24.1 Å². The van der Waals surface area contributed by atoms with Crippen LogP contribution in [0.5, 0.6) is 23.0 Å². The van der Waals surface area contributed by atoms with E-state index in [1.54, 1.807) is 13.0 Å². The number of nitriles is 1. The molecule has 0 aromatic heterocycles. The Labute approximate surface area is 246 Å². The van der Waals surface area contributed by atoms with E-state index in [0.717, 1.165) is 38.9 Å². The summed E-state index contributed by atoms with van der Waals surface area (Å²) in [6, 6.07) is 2.66. The number of aromatic hydroxyl groups is 1. The largest absolute Gasteiger partial charge is 0.507 e. The number of hydrogen-bond donors (Lipinski definition) is 3. The van der Waals surface area contributed by atoms with E-state index in [1.165, 1.54) is 0 Å². The minimum atomic E-state index is -0.688. The molecule has 2 aromatic carbocycles. The summed E-state index contributed by atoms with van der Waals surface area (Å²) in [7, 11) is 2.05. The van der Waals surface area contributed by atoms with Crippen molar-refractivity contribution in [2.45, 2.75) is 76.8 Å². The molecule has 222 valence electrons. The Morgan fingerprint density at radius 2 is 2.00 bits per heavy atom. The van der Waals surface area contributed by atoms with E-state index in [0.29, 0.717) is 42.4 Å². The average molecular weight is 574 g/mol. The highest BCUT2D eigenvalue weighted by Crippen LogP contribution is 2.57. The molecule has 2 unspecified atom stereocenters. The van der Waals surface area contributed by atoms with Crippen molar-refractivity contribution in [3.05, 3.63) is 57.7 Å². The van der Waals surface area contributed by atoms with Crippen LogP contribution < -0.4 is 25.3 Å². The van der Waals surface area contributed by atoms with E-state index in [2.05, 4.69) is 40.9 Å². The second kappa shape index (κ2) is 10.5. The normalized spacial score (nSPS) is 26.4. The van der Waals surface area contributed by atoms with E-state index in [9.17, 15) is 15.2 Å². The quantitative estimate of drug-likeness (QED) is 0.446. The van der Waals surface area contributed by atoms with Crippen molar-refractivity contribution in [2.75, 3.05) is 27.0 Å². The third kappa shape index (κ3) is 4.06. The topological polar surface area (TPSA) is 133 Å². The number of amides is 1. The summed E-state index contributed by atoms with van der Waals surface area (Å²) in [5.74, 6) is 1.98. The van der Waals surface area contributed by atoms with Gasteiger partial charge in [0, 0.05) is 40.9 Å². The summed E-state index contributed by atoms with van der Waals surface area (Å²) in [6.07, 6.45) is 2.88. The van der Waals surface area contributed by atoms with Crippen LogP contribution in [-0.2, 0) is 17.6 Å². The number of phenolic OH excluding ortho intramolecular Hbond substituents is 1. The van der Waals surface area contributed by atoms with Crippen molar-refractivity contribution in [2.24, 2.45) is 5.73 Å². The summed E-state index contributed by atoms with van der Waals surface area (Å²) in [5, 5.41) is 25.3. The van der Waals surface area contributed by atoms with Crippen LogP contribution in [0, 0.1) is 32.1 Å². The van der Waals surface area contributed by atoms with Gasteiger partial charge in [0.05, 0.1) is 24.2 Å². The molecular weight excluding hydrogens is 534 g/mol. The molecule has 4 heterocycles. The maximum atomic E-state index is 12.8. The molecule has 42 heavy (non-hydrogen) atoms. The molecule has 2 aromatic rings. The number of carbonyl (C=O) groups is 1. The number of fused-ring (bicyclic) bond motifs is 9. The van der Waals surface area contributed by atoms with Crippen LogP contribution in [0.15, 0.2) is 18.7 Å². The van der Waals surface area contributed by atoms with Gasteiger partial charge >= 0.3 is 0 Å². The second-order valence-electron chi connectivity index (χ2n) is 12.0. The molecule has 0 saturated carbocycles. The number of aryl methyl sites for hydroxylation is 1. The summed E-state index contributed by atoms with van der Waals surface area (Å²) < 4.78 is 18.3. The lowest BCUT2D eigenvalue weighted by atomic mass is 9.71. The van der Waals surface area contributed by atoms with Gasteiger partial charge in [-0.05, 0) is 64.3 Å². The van der Waals surface area contributed by atoms with Crippen LogP contribution in [0.2, 0.25) is 0 Å². The molecule has 0 spiro atoms. The fourth-order valence-corrected chi connectivity index (χ4v) is 7.59. The molecule has 0 radical (unpaired) electrons. The van der Waals surface area contributed by atoms with Crippen LogP contribution in [0.3, 0.4) is 0 Å². The molecule has 2 bridgehead atoms. The van der Waals surface area contributed by atoms with E-state index in [-0.39, 0.29) is 37.4 Å². The highest BCUT2D eigenvalue weighted by Gasteiger charge is 2.56. The van der Waals surface area contributed by atoms with Crippen molar-refractivity contribution in [1.29, 1.82) is 5.26 Å². The molecule has 1 fully saturated rings. The van der Waals surface area contributed by atoms with E-state index in [1.807, 2.05) is 20.8 Å². The maximum absolute atomic E-state index is 12.8. The number of carbonyl (C=O) groups excluding carboxylic acids is 1. The first-order valence-electron chi connectivity index (χ1n) is 14.5. The van der Waals surface area contributed by atoms with Crippen LogP contribution in [0.4, 0.5) is 0 Å². The molecule has 6 rings (SSSR count). The first kappa shape index (κ1) is 28.3. The SMILES string of the molecule is C=CCOc1c(C)c2c(c3c1CC1C4c5c(cc(C)c(C)c5O)C[C@@H]([C@H](C#N)N1[C@H]3CNC(=O)[C@H](C)N)N4C)OCO2. The zero-order valence-corrected chi connectivity index (χ0v) is 24.9. The predicted octanol–water partition coefficient (Wildman–Crippen LogP) is 2.85. The first-order valence-corrected chi connectivity index (χ1v) is 14.5. The molecule has 10 heteroatoms. The number of nitrogens with one attached hydrogen (secondary N) is 1. The van der Waals surface area contributed by atoms with Gasteiger partial charge < -0.3 is 30.4 Å². The molecule has 4 N–H and O–H groups in total. The van der Waals surface area contributed by atoms with Gasteiger partial charge in [-0.2, -0.15) is 5.26 Å². The summed E-state index contributed by atoms with van der Waals surface area (Å²) in [6.45, 7) is 12.0. The van der Waals surface area contributed by atoms with E-state index >= 15 is 0 Å². The van der Waals surface area contributed by atoms with Gasteiger partial charge in [0.15, 0.2) is 11.5 Å². The molecule has 4 aliphatic rings. The number of hydrogen-bond acceptors (Lipinski definition) is 9. The second-order valence-corrected chi connectivity index (χ2v) is 12.0. The number of rotatable bonds is 6. The minimum Gasteiger partial charge on any atom is -0.507 e. The van der Waals surface area contributed by atoms with E-state index in [4.69, 9.17) is 19.9 Å². The van der Waals surface area contributed by atoms with Gasteiger partial charge in [0.25, 0.3) is 0 Å². The number of benzene rings is 2. The zero-order valence-electron chi connectivity index (χ0n) is 24.9. The lowest BCUT2D eigenvalue weighted by Gasteiger charge is -2.60. The minimum absolute atomic E-state index is 0.0748. The van der Waals surface area contributed by atoms with Crippen LogP contribution >= 0.6 is 0 Å². The number of phenols is 1. The molecule has 1 amide bonds. The summed E-state index contributed by atoms with van der Waals surface area (Å²) >= 11 is 0. The average Bonchev–Trinajstić information content (AvgIpc) is 3.45. The molecular formula is C32H39N5O5. The Morgan fingerprint density at radius 1 is 1.26 bits per heavy atom. The van der Waals surface area contributed by atoms with Crippen LogP contribution in [-0.4, -0.2) is 72.0 Å². The highest BCUT2D eigenvalue weighted by atomic mass is 16.7. The van der Waals surface area contributed by atoms with Gasteiger partial charge in [0.1, 0.15) is 24.1 Å². The first-order chi connectivity index (χ1) is 20.1. The number of ether oxygens (including phenoxy) is 3. The van der Waals surface area contributed by atoms with E-state index < -0.39 is 18.1 Å². The van der Waals surface area contributed by atoms with Gasteiger partial charge in [0.2, 0.25) is 12.7 Å². The maximum Gasteiger partial charge on any atom is 0.236 e. The Balaban J connectivity index is 1.60. The van der Waals surface area contributed by atoms with Crippen molar-refractivity contribution in [1.82, 2.24) is 15.1 Å². The summed E-state index contributed by atoms with van der Waals surface area (Å²) in [4.78, 5) is 17.3. The molecule has 6 atom stereocenters. The molecule has 10 nitrogen and oxygen atoms in total. The Morgan fingerprint density at radius 3 is 2.69 bits per heavy atom. The van der Waals surface area contributed by atoms with Gasteiger partial charge in [-0.15, -0.1) is 0 Å². The third-order valence-electron chi connectivity index (χ3n) is 9.66. The molecule has 0 aliphatic carbocycles. The van der Waals surface area contributed by atoms with Crippen molar-refractivity contribution >= 4 is 5.91 Å². The Hall–Kier alpha value is -3.78. The summed E-state index contributed by atoms with van der Waals surface area (Å²) in [5.41, 5.74) is 12.5. The van der Waals surface area contributed by atoms with Gasteiger partial charge in [-0.3, -0.25) is 14.6 Å². The fourth-order valence-electron chi connectivity index (χ4n) is 7.59. The smallest absolute Gasteiger partial charge is 0.236 e. The van der Waals surface area contributed by atoms with Crippen molar-refractivity contribution in [3.63, 3.8) is 0 Å². The Kier molecular flexibility index (Phi) is 7.08. The number of nitrogens with zero attached hydrogens (tertiary/aromatic N) is 3. The number of likely N-dealkylation sites (N-methyl/N-ethyl adjacent to an activating group) is 1. The number of piperazine rings is 1. The number of nitrogens with two attached hydrogens (primary N) is 1. The van der Waals surface area contributed by atoms with Crippen LogP contribution in [0.1, 0.15) is 58.0 Å². The van der Waals surface area contributed by atoms with Gasteiger partial charge in [-0.25, -0.2) is 0 Å². The lowest BCUT2D eigenvalue weighted by molar-refractivity contribution is -0.123. The van der Waals surface area contributed by atoms with Crippen LogP contribution in [0.25, 0.3) is 0 Å². The van der Waals surface area contributed by atoms with Gasteiger partial charge in [-0.1, -0.05) is 18.7 Å². The third-order valence-corrected chi connectivity index (χ3v) is 9.66.